The number of imidazole rings is 1. The molecule has 0 spiro atoms. The third-order valence-corrected chi connectivity index (χ3v) is 7.26. The molecule has 2 N–H and O–H groups in total. The average Bonchev–Trinajstić information content (AvgIpc) is 3.69. The van der Waals surface area contributed by atoms with Crippen molar-refractivity contribution in [2.45, 2.75) is 24.8 Å². The second-order valence-electron chi connectivity index (χ2n) is 10.2. The van der Waals surface area contributed by atoms with E-state index in [4.69, 9.17) is 11.6 Å². The van der Waals surface area contributed by atoms with Crippen LogP contribution in [0, 0.1) is 0 Å². The van der Waals surface area contributed by atoms with Crippen molar-refractivity contribution in [3.63, 3.8) is 0 Å². The van der Waals surface area contributed by atoms with Gasteiger partial charge in [-0.05, 0) is 42.0 Å². The maximum atomic E-state index is 13.7. The average molecular weight is 673 g/mol. The number of amides is 1. The van der Waals surface area contributed by atoms with E-state index in [9.17, 15) is 35.9 Å². The maximum Gasteiger partial charge on any atom is 0.449 e. The van der Waals surface area contributed by atoms with Crippen LogP contribution in [-0.2, 0) is 23.6 Å². The van der Waals surface area contributed by atoms with E-state index < -0.39 is 41.4 Å². The normalized spacial score (nSPS) is 12.7. The zero-order chi connectivity index (χ0) is 33.5. The molecule has 6 rings (SSSR count). The fraction of sp³-hybridized carbons (Fsp3) is 0.133. The molecule has 0 unspecified atom stereocenters. The van der Waals surface area contributed by atoms with Crippen molar-refractivity contribution in [3.8, 4) is 16.9 Å². The fourth-order valence-corrected chi connectivity index (χ4v) is 4.99. The second kappa shape index (κ2) is 12.0. The van der Waals surface area contributed by atoms with Gasteiger partial charge in [0.2, 0.25) is 11.7 Å². The van der Waals surface area contributed by atoms with Crippen LogP contribution in [-0.4, -0.2) is 40.4 Å². The van der Waals surface area contributed by atoms with Crippen molar-refractivity contribution in [1.82, 2.24) is 34.5 Å². The molecule has 1 amide bonds. The first-order valence-electron chi connectivity index (χ1n) is 13.6. The number of nitrogens with zero attached hydrogens (tertiary/aromatic N) is 6. The van der Waals surface area contributed by atoms with Gasteiger partial charge in [0.1, 0.15) is 6.04 Å². The van der Waals surface area contributed by atoms with Crippen LogP contribution in [0.25, 0.3) is 28.0 Å². The molecule has 0 bridgehead atoms. The van der Waals surface area contributed by atoms with Crippen LogP contribution in [0.1, 0.15) is 23.1 Å². The quantitative estimate of drug-likeness (QED) is 0.187. The molecule has 0 aliphatic heterocycles. The molecule has 0 fully saturated rings. The summed E-state index contributed by atoms with van der Waals surface area (Å²) < 4.78 is 80.9. The van der Waals surface area contributed by atoms with Gasteiger partial charge in [0.05, 0.1) is 34.9 Å². The van der Waals surface area contributed by atoms with Gasteiger partial charge in [-0.3, -0.25) is 14.2 Å². The summed E-state index contributed by atoms with van der Waals surface area (Å²) in [5.41, 5.74) is -0.736. The van der Waals surface area contributed by atoms with Crippen molar-refractivity contribution in [1.29, 1.82) is 0 Å². The number of benzene rings is 3. The second-order valence-corrected chi connectivity index (χ2v) is 10.7. The third-order valence-electron chi connectivity index (χ3n) is 7.03. The minimum Gasteiger partial charge on any atom is -0.334 e. The smallest absolute Gasteiger partial charge is 0.334 e. The van der Waals surface area contributed by atoms with E-state index in [0.717, 1.165) is 21.6 Å². The van der Waals surface area contributed by atoms with Gasteiger partial charge in [-0.2, -0.15) is 26.3 Å². The molecule has 17 heteroatoms. The van der Waals surface area contributed by atoms with Crippen LogP contribution in [0.3, 0.4) is 0 Å². The standard InChI is InChI=1S/C30H19ClF6N8O2/c31-17-6-9-23(45-14-25(42-43-45)29(32,33)34)19(11-17)21-13-26(46)44(15-38-21)24(10-16-4-2-1-3-5-16)27(47)39-18-7-8-20-22(12-18)41-28(40-20)30(35,36)37/h1-9,11-15,24H,10H2,(H,39,47)(H,40,41)/t24-/m0/s1. The van der Waals surface area contributed by atoms with E-state index in [1.165, 1.54) is 36.4 Å². The van der Waals surface area contributed by atoms with Gasteiger partial charge in [0, 0.05) is 28.8 Å². The predicted molar refractivity (Wildman–Crippen MR) is 158 cm³/mol. The number of halogens is 7. The predicted octanol–water partition coefficient (Wildman–Crippen LogP) is 6.48. The molecule has 240 valence electrons. The molecule has 3 aromatic carbocycles. The summed E-state index contributed by atoms with van der Waals surface area (Å²) in [4.78, 5) is 37.2. The minimum absolute atomic E-state index is 0.0249. The number of H-pyrrole nitrogens is 1. The molecule has 3 aromatic heterocycles. The molecule has 0 aliphatic rings. The number of fused-ring (bicyclic) bond motifs is 1. The molecule has 10 nitrogen and oxygen atoms in total. The maximum absolute atomic E-state index is 13.7. The van der Waals surface area contributed by atoms with Crippen LogP contribution in [0.4, 0.5) is 32.0 Å². The molecule has 0 saturated heterocycles. The van der Waals surface area contributed by atoms with E-state index in [1.54, 1.807) is 30.3 Å². The minimum atomic E-state index is -4.74. The van der Waals surface area contributed by atoms with E-state index in [0.29, 0.717) is 11.8 Å². The van der Waals surface area contributed by atoms with Crippen LogP contribution in [0.2, 0.25) is 5.02 Å². The number of anilines is 1. The Balaban J connectivity index is 1.35. The Morgan fingerprint density at radius 2 is 1.72 bits per heavy atom. The lowest BCUT2D eigenvalue weighted by Crippen LogP contribution is -2.34. The Labute approximate surface area is 264 Å². The Kier molecular flexibility index (Phi) is 8.05. The number of aromatic nitrogens is 7. The highest BCUT2D eigenvalue weighted by atomic mass is 35.5. The first-order valence-corrected chi connectivity index (χ1v) is 13.9. The monoisotopic (exact) mass is 672 g/mol. The summed E-state index contributed by atoms with van der Waals surface area (Å²) in [6, 6.07) is 16.8. The molecular formula is C30H19ClF6N8O2. The van der Waals surface area contributed by atoms with Crippen LogP contribution < -0.4 is 10.9 Å². The van der Waals surface area contributed by atoms with Gasteiger partial charge in [-0.25, -0.2) is 14.6 Å². The van der Waals surface area contributed by atoms with Gasteiger partial charge in [0.15, 0.2) is 5.69 Å². The Hall–Kier alpha value is -5.51. The third kappa shape index (κ3) is 6.72. The molecule has 1 atom stereocenters. The van der Waals surface area contributed by atoms with Crippen LogP contribution in [0.15, 0.2) is 90.1 Å². The Bertz CT molecular complexity index is 2160. The van der Waals surface area contributed by atoms with E-state index in [2.05, 4.69) is 30.6 Å². The largest absolute Gasteiger partial charge is 0.449 e. The first kappa shape index (κ1) is 31.5. The Morgan fingerprint density at radius 1 is 0.957 bits per heavy atom. The lowest BCUT2D eigenvalue weighted by molar-refractivity contribution is -0.144. The van der Waals surface area contributed by atoms with Crippen molar-refractivity contribution in [2.75, 3.05) is 5.32 Å². The highest BCUT2D eigenvalue weighted by Gasteiger charge is 2.36. The van der Waals surface area contributed by atoms with Crippen molar-refractivity contribution in [2.24, 2.45) is 0 Å². The zero-order valence-corrected chi connectivity index (χ0v) is 24.3. The molecule has 47 heavy (non-hydrogen) atoms. The lowest BCUT2D eigenvalue weighted by Gasteiger charge is -2.20. The Morgan fingerprint density at radius 3 is 2.40 bits per heavy atom. The number of carbonyl (C=O) groups excluding carboxylic acids is 1. The highest BCUT2D eigenvalue weighted by Crippen LogP contribution is 2.32. The van der Waals surface area contributed by atoms with E-state index in [-0.39, 0.29) is 45.1 Å². The molecule has 0 radical (unpaired) electrons. The van der Waals surface area contributed by atoms with Gasteiger partial charge >= 0.3 is 12.4 Å². The molecule has 3 heterocycles. The number of hydrogen-bond acceptors (Lipinski definition) is 6. The summed E-state index contributed by atoms with van der Waals surface area (Å²) in [6.45, 7) is 0. The first-order chi connectivity index (χ1) is 22.3. The SMILES string of the molecule is O=C(Nc1ccc2nc(C(F)(F)F)[nH]c2c1)[C@H](Cc1ccccc1)n1cnc(-c2cc(Cl)ccc2-n2cc(C(F)(F)F)nn2)cc1=O. The number of hydrogen-bond donors (Lipinski definition) is 2. The number of carbonyl (C=O) groups is 1. The number of aromatic amines is 1. The molecule has 0 aliphatic carbocycles. The van der Waals surface area contributed by atoms with E-state index in [1.807, 2.05) is 0 Å². The molecule has 6 aromatic rings. The number of alkyl halides is 6. The summed E-state index contributed by atoms with van der Waals surface area (Å²) in [7, 11) is 0. The summed E-state index contributed by atoms with van der Waals surface area (Å²) in [5, 5.41) is 9.57. The van der Waals surface area contributed by atoms with Gasteiger partial charge < -0.3 is 10.3 Å². The highest BCUT2D eigenvalue weighted by molar-refractivity contribution is 6.31. The topological polar surface area (TPSA) is 123 Å². The molecular weight excluding hydrogens is 654 g/mol. The lowest BCUT2D eigenvalue weighted by atomic mass is 10.0. The fourth-order valence-electron chi connectivity index (χ4n) is 4.82. The van der Waals surface area contributed by atoms with Gasteiger partial charge in [0.25, 0.3) is 5.56 Å². The summed E-state index contributed by atoms with van der Waals surface area (Å²) in [5.74, 6) is -1.87. The van der Waals surface area contributed by atoms with Crippen LogP contribution >= 0.6 is 11.6 Å². The number of nitrogens with one attached hydrogen (secondary N) is 2. The summed E-state index contributed by atoms with van der Waals surface area (Å²) in [6.07, 6.45) is -7.62. The van der Waals surface area contributed by atoms with Crippen molar-refractivity contribution < 1.29 is 31.1 Å². The molecule has 0 saturated carbocycles. The van der Waals surface area contributed by atoms with Crippen molar-refractivity contribution >= 4 is 34.2 Å². The number of rotatable bonds is 7. The van der Waals surface area contributed by atoms with Crippen molar-refractivity contribution in [3.05, 3.63) is 118 Å². The van der Waals surface area contributed by atoms with E-state index >= 15 is 0 Å². The zero-order valence-electron chi connectivity index (χ0n) is 23.5. The van der Waals surface area contributed by atoms with Crippen LogP contribution in [0.5, 0.6) is 0 Å². The van der Waals surface area contributed by atoms with Gasteiger partial charge in [-0.1, -0.05) is 47.1 Å². The summed E-state index contributed by atoms with van der Waals surface area (Å²) >= 11 is 6.17. The van der Waals surface area contributed by atoms with Gasteiger partial charge in [-0.15, -0.1) is 5.10 Å².